The molecule has 2 heterocycles. The Morgan fingerprint density at radius 1 is 1.22 bits per heavy atom. The molecule has 2 aromatic heterocycles. The fraction of sp³-hybridized carbons (Fsp3) is 0.118. The summed E-state index contributed by atoms with van der Waals surface area (Å²) in [4.78, 5) is 28.4. The molecule has 0 spiro atoms. The number of carbonyl (C=O) groups is 1. The highest BCUT2D eigenvalue weighted by atomic mass is 79.9. The molecule has 0 bridgehead atoms. The zero-order chi connectivity index (χ0) is 16.4. The summed E-state index contributed by atoms with van der Waals surface area (Å²) >= 11 is 3.31. The molecule has 0 unspecified atom stereocenters. The molecule has 23 heavy (non-hydrogen) atoms. The maximum atomic E-state index is 12.1. The van der Waals surface area contributed by atoms with Gasteiger partial charge in [-0.1, -0.05) is 22.0 Å². The van der Waals surface area contributed by atoms with Gasteiger partial charge < -0.3 is 4.74 Å². The van der Waals surface area contributed by atoms with Crippen molar-refractivity contribution in [1.82, 2.24) is 9.38 Å². The number of aromatic nitrogens is 2. The van der Waals surface area contributed by atoms with Crippen LogP contribution in [0.3, 0.4) is 0 Å². The molecule has 0 radical (unpaired) electrons. The lowest BCUT2D eigenvalue weighted by Gasteiger charge is -2.06. The van der Waals surface area contributed by atoms with Crippen LogP contribution in [0.25, 0.3) is 5.65 Å². The molecule has 0 aliphatic rings. The van der Waals surface area contributed by atoms with E-state index in [2.05, 4.69) is 20.9 Å². The van der Waals surface area contributed by atoms with Crippen molar-refractivity contribution in [3.05, 3.63) is 80.3 Å². The summed E-state index contributed by atoms with van der Waals surface area (Å²) in [6, 6.07) is 11.9. The van der Waals surface area contributed by atoms with Gasteiger partial charge in [-0.3, -0.25) is 9.20 Å². The van der Waals surface area contributed by atoms with Crippen molar-refractivity contribution in [3.63, 3.8) is 0 Å². The second kappa shape index (κ2) is 6.34. The third-order valence-corrected chi connectivity index (χ3v) is 3.82. The number of benzene rings is 1. The zero-order valence-corrected chi connectivity index (χ0v) is 13.9. The van der Waals surface area contributed by atoms with Gasteiger partial charge in [0.1, 0.15) is 12.3 Å². The van der Waals surface area contributed by atoms with E-state index >= 15 is 0 Å². The molecule has 116 valence electrons. The fourth-order valence-corrected chi connectivity index (χ4v) is 2.41. The Morgan fingerprint density at radius 3 is 2.70 bits per heavy atom. The van der Waals surface area contributed by atoms with Gasteiger partial charge in [0.2, 0.25) is 0 Å². The number of hydrogen-bond donors (Lipinski definition) is 0. The van der Waals surface area contributed by atoms with E-state index in [-0.39, 0.29) is 12.2 Å². The molecule has 0 saturated heterocycles. The van der Waals surface area contributed by atoms with Crippen molar-refractivity contribution < 1.29 is 9.53 Å². The van der Waals surface area contributed by atoms with Gasteiger partial charge in [-0.05, 0) is 42.8 Å². The van der Waals surface area contributed by atoms with Gasteiger partial charge in [0.15, 0.2) is 0 Å². The minimum atomic E-state index is -0.455. The van der Waals surface area contributed by atoms with Gasteiger partial charge in [0.05, 0.1) is 11.3 Å². The summed E-state index contributed by atoms with van der Waals surface area (Å²) in [7, 11) is 0. The highest BCUT2D eigenvalue weighted by Gasteiger charge is 2.09. The number of rotatable bonds is 3. The first kappa shape index (κ1) is 15.4. The van der Waals surface area contributed by atoms with Gasteiger partial charge in [-0.15, -0.1) is 0 Å². The predicted octanol–water partition coefficient (Wildman–Crippen LogP) is 3.12. The van der Waals surface area contributed by atoms with E-state index in [1.54, 1.807) is 36.5 Å². The Bertz CT molecular complexity index is 933. The molecule has 3 rings (SSSR count). The van der Waals surface area contributed by atoms with Crippen molar-refractivity contribution in [1.29, 1.82) is 0 Å². The van der Waals surface area contributed by atoms with E-state index in [1.807, 2.05) is 13.0 Å². The van der Waals surface area contributed by atoms with Crippen LogP contribution in [0.15, 0.2) is 57.9 Å². The molecule has 6 heteroatoms. The van der Waals surface area contributed by atoms with Crippen molar-refractivity contribution >= 4 is 27.5 Å². The molecule has 0 aliphatic carbocycles. The fourth-order valence-electron chi connectivity index (χ4n) is 2.14. The first-order valence-corrected chi connectivity index (χ1v) is 7.74. The van der Waals surface area contributed by atoms with Crippen molar-refractivity contribution in [2.24, 2.45) is 0 Å². The second-order valence-electron chi connectivity index (χ2n) is 5.10. The monoisotopic (exact) mass is 372 g/mol. The van der Waals surface area contributed by atoms with E-state index in [4.69, 9.17) is 4.74 Å². The van der Waals surface area contributed by atoms with E-state index in [1.165, 1.54) is 10.5 Å². The summed E-state index contributed by atoms with van der Waals surface area (Å²) in [5, 5.41) is 0. The molecular formula is C17H13BrN2O3. The highest BCUT2D eigenvalue weighted by Crippen LogP contribution is 2.12. The number of ether oxygens (including phenoxy) is 1. The van der Waals surface area contributed by atoms with Crippen LogP contribution < -0.4 is 5.56 Å². The molecule has 0 N–H and O–H groups in total. The molecule has 0 fully saturated rings. The number of pyridine rings is 1. The van der Waals surface area contributed by atoms with Gasteiger partial charge in [0.25, 0.3) is 5.56 Å². The number of nitrogens with zero attached hydrogens (tertiary/aromatic N) is 2. The van der Waals surface area contributed by atoms with Crippen LogP contribution in [0.2, 0.25) is 0 Å². The Morgan fingerprint density at radius 2 is 1.96 bits per heavy atom. The Hall–Kier alpha value is -2.47. The number of hydrogen-bond acceptors (Lipinski definition) is 4. The third-order valence-electron chi connectivity index (χ3n) is 3.29. The standard InChI is InChI=1S/C17H13BrN2O3/c1-11-2-7-15-19-14(8-16(21)20(15)9-11)10-23-17(22)12-3-5-13(18)6-4-12/h2-9H,10H2,1H3. The van der Waals surface area contributed by atoms with Crippen molar-refractivity contribution in [2.45, 2.75) is 13.5 Å². The van der Waals surface area contributed by atoms with Crippen LogP contribution >= 0.6 is 15.9 Å². The van der Waals surface area contributed by atoms with E-state index < -0.39 is 5.97 Å². The van der Waals surface area contributed by atoms with Crippen LogP contribution in [0.1, 0.15) is 21.6 Å². The minimum absolute atomic E-state index is 0.0471. The van der Waals surface area contributed by atoms with Crippen LogP contribution in [0, 0.1) is 6.92 Å². The molecular weight excluding hydrogens is 360 g/mol. The summed E-state index contributed by atoms with van der Waals surface area (Å²) in [5.74, 6) is -0.455. The average molecular weight is 373 g/mol. The summed E-state index contributed by atoms with van der Waals surface area (Å²) < 4.78 is 7.57. The summed E-state index contributed by atoms with van der Waals surface area (Å²) in [6.07, 6.45) is 1.72. The lowest BCUT2D eigenvalue weighted by Crippen LogP contribution is -2.16. The first-order valence-electron chi connectivity index (χ1n) is 6.94. The minimum Gasteiger partial charge on any atom is -0.456 e. The van der Waals surface area contributed by atoms with Gasteiger partial charge in [0, 0.05) is 16.7 Å². The highest BCUT2D eigenvalue weighted by molar-refractivity contribution is 9.10. The van der Waals surface area contributed by atoms with Crippen molar-refractivity contribution in [3.8, 4) is 0 Å². The number of esters is 1. The lowest BCUT2D eigenvalue weighted by molar-refractivity contribution is 0.0467. The lowest BCUT2D eigenvalue weighted by atomic mass is 10.2. The Labute approximate surface area is 140 Å². The topological polar surface area (TPSA) is 60.7 Å². The maximum Gasteiger partial charge on any atom is 0.338 e. The average Bonchev–Trinajstić information content (AvgIpc) is 2.54. The third kappa shape index (κ3) is 3.48. The Kier molecular flexibility index (Phi) is 4.25. The van der Waals surface area contributed by atoms with Crippen LogP contribution in [-0.4, -0.2) is 15.4 Å². The Balaban J connectivity index is 1.79. The number of aryl methyl sites for hydroxylation is 1. The van der Waals surface area contributed by atoms with Gasteiger partial charge in [-0.2, -0.15) is 0 Å². The van der Waals surface area contributed by atoms with E-state index in [9.17, 15) is 9.59 Å². The molecule has 0 atom stereocenters. The maximum absolute atomic E-state index is 12.1. The summed E-state index contributed by atoms with van der Waals surface area (Å²) in [5.41, 5.74) is 2.16. The zero-order valence-electron chi connectivity index (χ0n) is 12.3. The number of halogens is 1. The quantitative estimate of drug-likeness (QED) is 0.662. The molecule has 3 aromatic rings. The molecule has 0 aliphatic heterocycles. The smallest absolute Gasteiger partial charge is 0.338 e. The van der Waals surface area contributed by atoms with Crippen LogP contribution in [-0.2, 0) is 11.3 Å². The summed E-state index contributed by atoms with van der Waals surface area (Å²) in [6.45, 7) is 1.86. The van der Waals surface area contributed by atoms with Crippen LogP contribution in [0.4, 0.5) is 0 Å². The van der Waals surface area contributed by atoms with Gasteiger partial charge in [-0.25, -0.2) is 9.78 Å². The van der Waals surface area contributed by atoms with E-state index in [0.29, 0.717) is 16.9 Å². The van der Waals surface area contributed by atoms with E-state index in [0.717, 1.165) is 10.0 Å². The molecule has 0 amide bonds. The molecule has 5 nitrogen and oxygen atoms in total. The largest absolute Gasteiger partial charge is 0.456 e. The van der Waals surface area contributed by atoms with Gasteiger partial charge >= 0.3 is 5.97 Å². The molecule has 0 saturated carbocycles. The molecule has 1 aromatic carbocycles. The van der Waals surface area contributed by atoms with Crippen molar-refractivity contribution in [2.75, 3.05) is 0 Å². The first-order chi connectivity index (χ1) is 11.0. The number of carbonyl (C=O) groups excluding carboxylic acids is 1. The predicted molar refractivity (Wildman–Crippen MR) is 89.5 cm³/mol. The SMILES string of the molecule is Cc1ccc2nc(COC(=O)c3ccc(Br)cc3)cc(=O)n2c1. The normalized spacial score (nSPS) is 10.7. The second-order valence-corrected chi connectivity index (χ2v) is 6.02. The van der Waals surface area contributed by atoms with Crippen LogP contribution in [0.5, 0.6) is 0 Å². The number of fused-ring (bicyclic) bond motifs is 1.